The van der Waals surface area contributed by atoms with Gasteiger partial charge in [-0.15, -0.1) is 0 Å². The molecule has 7 heteroatoms. The first-order chi connectivity index (χ1) is 8.32. The van der Waals surface area contributed by atoms with Crippen molar-refractivity contribution in [2.75, 3.05) is 13.1 Å². The number of β-amino-alcohol motifs (C(OH)–C–C–N with tert-alkyl or cyclic N) is 2. The Kier molecular flexibility index (Phi) is 3.41. The minimum absolute atomic E-state index is 0.174. The summed E-state index contributed by atoms with van der Waals surface area (Å²) in [5, 5.41) is 18.7. The molecule has 1 aromatic carbocycles. The molecule has 1 aliphatic heterocycles. The van der Waals surface area contributed by atoms with Gasteiger partial charge in [0.2, 0.25) is 10.0 Å². The zero-order chi connectivity index (χ0) is 13.5. The lowest BCUT2D eigenvalue weighted by atomic mass is 10.2. The highest BCUT2D eigenvalue weighted by Crippen LogP contribution is 2.22. The lowest BCUT2D eigenvalue weighted by Gasteiger charge is -2.15. The highest BCUT2D eigenvalue weighted by atomic mass is 32.2. The topological polar surface area (TPSA) is 77.8 Å². The first-order valence-electron chi connectivity index (χ1n) is 5.45. The van der Waals surface area contributed by atoms with Gasteiger partial charge in [0.25, 0.3) is 0 Å². The molecule has 2 N–H and O–H groups in total. The molecule has 2 atom stereocenters. The van der Waals surface area contributed by atoms with E-state index in [0.717, 1.165) is 10.4 Å². The van der Waals surface area contributed by atoms with E-state index in [1.807, 2.05) is 0 Å². The first-order valence-corrected chi connectivity index (χ1v) is 6.89. The largest absolute Gasteiger partial charge is 0.389 e. The number of benzene rings is 1. The van der Waals surface area contributed by atoms with E-state index in [1.165, 1.54) is 19.1 Å². The quantitative estimate of drug-likeness (QED) is 0.787. The fourth-order valence-corrected chi connectivity index (χ4v) is 3.30. The number of aliphatic hydroxyl groups is 2. The van der Waals surface area contributed by atoms with Gasteiger partial charge in [0.1, 0.15) is 5.82 Å². The molecular formula is C11H14FNO4S. The van der Waals surface area contributed by atoms with E-state index in [-0.39, 0.29) is 18.0 Å². The van der Waals surface area contributed by atoms with Crippen LogP contribution in [0.15, 0.2) is 23.1 Å². The fourth-order valence-electron chi connectivity index (χ4n) is 1.81. The Morgan fingerprint density at radius 1 is 1.28 bits per heavy atom. The summed E-state index contributed by atoms with van der Waals surface area (Å²) in [7, 11) is -3.87. The summed E-state index contributed by atoms with van der Waals surface area (Å²) in [5.74, 6) is -0.601. The molecule has 0 aliphatic carbocycles. The summed E-state index contributed by atoms with van der Waals surface area (Å²) in [6.45, 7) is 1.17. The van der Waals surface area contributed by atoms with Crippen molar-refractivity contribution in [3.63, 3.8) is 0 Å². The SMILES string of the molecule is Cc1ccc(S(=O)(=O)N2CC(O)C(O)C2)cc1F. The van der Waals surface area contributed by atoms with E-state index in [9.17, 15) is 23.0 Å². The predicted molar refractivity (Wildman–Crippen MR) is 61.9 cm³/mol. The Balaban J connectivity index is 2.34. The molecular weight excluding hydrogens is 261 g/mol. The van der Waals surface area contributed by atoms with Gasteiger partial charge in [0.05, 0.1) is 17.1 Å². The Hall–Kier alpha value is -1.02. The average molecular weight is 275 g/mol. The van der Waals surface area contributed by atoms with Crippen molar-refractivity contribution >= 4 is 10.0 Å². The maximum Gasteiger partial charge on any atom is 0.243 e. The fraction of sp³-hybridized carbons (Fsp3) is 0.455. The van der Waals surface area contributed by atoms with Gasteiger partial charge in [0.15, 0.2) is 0 Å². The van der Waals surface area contributed by atoms with E-state index in [2.05, 4.69) is 0 Å². The van der Waals surface area contributed by atoms with Gasteiger partial charge in [-0.1, -0.05) is 6.07 Å². The van der Waals surface area contributed by atoms with Crippen molar-refractivity contribution in [1.82, 2.24) is 4.31 Å². The molecule has 5 nitrogen and oxygen atoms in total. The van der Waals surface area contributed by atoms with Crippen molar-refractivity contribution in [1.29, 1.82) is 0 Å². The maximum atomic E-state index is 13.4. The van der Waals surface area contributed by atoms with E-state index < -0.39 is 28.0 Å². The van der Waals surface area contributed by atoms with E-state index >= 15 is 0 Å². The average Bonchev–Trinajstić information content (AvgIpc) is 2.64. The van der Waals surface area contributed by atoms with Crippen LogP contribution in [0.25, 0.3) is 0 Å². The molecule has 0 bridgehead atoms. The lowest BCUT2D eigenvalue weighted by Crippen LogP contribution is -2.30. The molecule has 0 aromatic heterocycles. The summed E-state index contributed by atoms with van der Waals surface area (Å²) in [6, 6.07) is 3.64. The van der Waals surface area contributed by atoms with Crippen LogP contribution in [0.1, 0.15) is 5.56 Å². The molecule has 100 valence electrons. The van der Waals surface area contributed by atoms with Crippen molar-refractivity contribution < 1.29 is 23.0 Å². The van der Waals surface area contributed by atoms with Crippen molar-refractivity contribution in [3.05, 3.63) is 29.6 Å². The van der Waals surface area contributed by atoms with Crippen LogP contribution >= 0.6 is 0 Å². The van der Waals surface area contributed by atoms with Crippen LogP contribution in [0.4, 0.5) is 4.39 Å². The second-order valence-electron chi connectivity index (χ2n) is 4.37. The second-order valence-corrected chi connectivity index (χ2v) is 6.31. The van der Waals surface area contributed by atoms with Gasteiger partial charge in [0, 0.05) is 13.1 Å². The summed E-state index contributed by atoms with van der Waals surface area (Å²) in [6.07, 6.45) is -2.20. The molecule has 1 aliphatic rings. The summed E-state index contributed by atoms with van der Waals surface area (Å²) >= 11 is 0. The molecule has 2 unspecified atom stereocenters. The van der Waals surface area contributed by atoms with Crippen LogP contribution in [0, 0.1) is 12.7 Å². The van der Waals surface area contributed by atoms with Crippen LogP contribution in [0.2, 0.25) is 0 Å². The van der Waals surface area contributed by atoms with Gasteiger partial charge in [-0.3, -0.25) is 0 Å². The summed E-state index contributed by atoms with van der Waals surface area (Å²) in [4.78, 5) is -0.174. The number of hydrogen-bond acceptors (Lipinski definition) is 4. The number of hydrogen-bond donors (Lipinski definition) is 2. The maximum absolute atomic E-state index is 13.4. The van der Waals surface area contributed by atoms with Crippen LogP contribution < -0.4 is 0 Å². The molecule has 2 rings (SSSR count). The second kappa shape index (κ2) is 4.58. The Labute approximate surface area is 105 Å². The molecule has 1 aromatic rings. The number of rotatable bonds is 2. The molecule has 1 saturated heterocycles. The smallest absolute Gasteiger partial charge is 0.243 e. The van der Waals surface area contributed by atoms with Crippen molar-refractivity contribution in [2.24, 2.45) is 0 Å². The normalized spacial score (nSPS) is 25.6. The van der Waals surface area contributed by atoms with Crippen LogP contribution in [0.5, 0.6) is 0 Å². The minimum Gasteiger partial charge on any atom is -0.389 e. The van der Waals surface area contributed by atoms with Crippen LogP contribution in [-0.2, 0) is 10.0 Å². The van der Waals surface area contributed by atoms with Gasteiger partial charge in [-0.25, -0.2) is 12.8 Å². The standard InChI is InChI=1S/C11H14FNO4S/c1-7-2-3-8(4-9(7)12)18(16,17)13-5-10(14)11(15)6-13/h2-4,10-11,14-15H,5-6H2,1H3. The molecule has 1 heterocycles. The lowest BCUT2D eigenvalue weighted by molar-refractivity contribution is 0.0572. The van der Waals surface area contributed by atoms with Gasteiger partial charge in [-0.2, -0.15) is 4.31 Å². The van der Waals surface area contributed by atoms with Gasteiger partial charge < -0.3 is 10.2 Å². The third-order valence-corrected chi connectivity index (χ3v) is 4.83. The third-order valence-electron chi connectivity index (χ3n) is 3.01. The molecule has 0 spiro atoms. The molecule has 18 heavy (non-hydrogen) atoms. The highest BCUT2D eigenvalue weighted by molar-refractivity contribution is 7.89. The molecule has 1 fully saturated rings. The Morgan fingerprint density at radius 3 is 2.33 bits per heavy atom. The van der Waals surface area contributed by atoms with Gasteiger partial charge >= 0.3 is 0 Å². The number of halogens is 1. The van der Waals surface area contributed by atoms with Gasteiger partial charge in [-0.05, 0) is 24.6 Å². The first kappa shape index (κ1) is 13.4. The van der Waals surface area contributed by atoms with E-state index in [0.29, 0.717) is 5.56 Å². The van der Waals surface area contributed by atoms with Crippen LogP contribution in [0.3, 0.4) is 0 Å². The predicted octanol–water partition coefficient (Wildman–Crippen LogP) is -0.140. The minimum atomic E-state index is -3.87. The molecule has 0 amide bonds. The van der Waals surface area contributed by atoms with Crippen LogP contribution in [-0.4, -0.2) is 48.2 Å². The highest BCUT2D eigenvalue weighted by Gasteiger charge is 2.37. The molecule has 0 saturated carbocycles. The summed E-state index contributed by atoms with van der Waals surface area (Å²) < 4.78 is 38.6. The zero-order valence-corrected chi connectivity index (χ0v) is 10.6. The number of aryl methyl sites for hydroxylation is 1. The zero-order valence-electron chi connectivity index (χ0n) is 9.75. The Morgan fingerprint density at radius 2 is 1.83 bits per heavy atom. The van der Waals surface area contributed by atoms with Crippen molar-refractivity contribution in [2.45, 2.75) is 24.0 Å². The van der Waals surface area contributed by atoms with E-state index in [4.69, 9.17) is 0 Å². The number of aliphatic hydroxyl groups excluding tert-OH is 2. The molecule has 0 radical (unpaired) electrons. The third kappa shape index (κ3) is 2.26. The number of sulfonamides is 1. The van der Waals surface area contributed by atoms with E-state index in [1.54, 1.807) is 0 Å². The summed E-state index contributed by atoms with van der Waals surface area (Å²) in [5.41, 5.74) is 0.357. The number of nitrogens with zero attached hydrogens (tertiary/aromatic N) is 1. The van der Waals surface area contributed by atoms with Crippen molar-refractivity contribution in [3.8, 4) is 0 Å². The Bertz CT molecular complexity index is 550. The monoisotopic (exact) mass is 275 g/mol.